The zero-order valence-electron chi connectivity index (χ0n) is 11.2. The number of carbonyl (C=O) groups excluding carboxylic acids is 1. The van der Waals surface area contributed by atoms with E-state index in [4.69, 9.17) is 21.8 Å². The first kappa shape index (κ1) is 13.5. The molecule has 3 rings (SSSR count). The lowest BCUT2D eigenvalue weighted by atomic mass is 10.2. The molecule has 3 N–H and O–H groups in total. The van der Waals surface area contributed by atoms with Crippen LogP contribution < -0.4 is 11.1 Å². The number of amides is 1. The smallest absolute Gasteiger partial charge is 0.293 e. The Morgan fingerprint density at radius 2 is 2.19 bits per heavy atom. The third-order valence-electron chi connectivity index (χ3n) is 3.13. The van der Waals surface area contributed by atoms with Crippen molar-refractivity contribution in [2.45, 2.75) is 6.92 Å². The highest BCUT2D eigenvalue weighted by Gasteiger charge is 2.19. The topological polar surface area (TPSA) is 81.2 Å². The molecule has 0 aliphatic rings. The minimum Gasteiger partial charge on any atom is -0.447 e. The first-order valence-corrected chi connectivity index (χ1v) is 6.64. The van der Waals surface area contributed by atoms with Crippen LogP contribution in [0.3, 0.4) is 0 Å². The summed E-state index contributed by atoms with van der Waals surface area (Å²) in [5.41, 5.74) is 8.61. The van der Waals surface area contributed by atoms with Crippen LogP contribution >= 0.6 is 11.6 Å². The maximum atomic E-state index is 12.3. The van der Waals surface area contributed by atoms with Crippen molar-refractivity contribution < 1.29 is 9.21 Å². The van der Waals surface area contributed by atoms with Crippen molar-refractivity contribution in [2.75, 3.05) is 11.1 Å². The van der Waals surface area contributed by atoms with Crippen molar-refractivity contribution in [3.63, 3.8) is 0 Å². The van der Waals surface area contributed by atoms with Gasteiger partial charge in [-0.1, -0.05) is 11.6 Å². The van der Waals surface area contributed by atoms with Crippen LogP contribution in [0.25, 0.3) is 11.1 Å². The van der Waals surface area contributed by atoms with E-state index in [1.54, 1.807) is 36.5 Å². The van der Waals surface area contributed by atoms with Crippen molar-refractivity contribution >= 4 is 40.0 Å². The van der Waals surface area contributed by atoms with Crippen LogP contribution in [0.15, 0.2) is 40.9 Å². The second-order valence-electron chi connectivity index (χ2n) is 4.61. The van der Waals surface area contributed by atoms with Gasteiger partial charge in [-0.05, 0) is 42.8 Å². The molecule has 2 aromatic heterocycles. The Morgan fingerprint density at radius 1 is 1.38 bits per heavy atom. The van der Waals surface area contributed by atoms with Crippen LogP contribution in [0.5, 0.6) is 0 Å². The molecule has 0 aliphatic carbocycles. The summed E-state index contributed by atoms with van der Waals surface area (Å²) in [5.74, 6) is -0.367. The first-order chi connectivity index (χ1) is 10.1. The van der Waals surface area contributed by atoms with Gasteiger partial charge in [0.2, 0.25) is 5.76 Å². The van der Waals surface area contributed by atoms with Crippen LogP contribution in [0.4, 0.5) is 11.4 Å². The lowest BCUT2D eigenvalue weighted by molar-refractivity contribution is 0.0999. The lowest BCUT2D eigenvalue weighted by Crippen LogP contribution is -2.13. The number of hydrogen-bond acceptors (Lipinski definition) is 4. The van der Waals surface area contributed by atoms with Gasteiger partial charge < -0.3 is 15.5 Å². The van der Waals surface area contributed by atoms with E-state index in [0.29, 0.717) is 21.8 Å². The molecular weight excluding hydrogens is 290 g/mol. The molecule has 6 heteroatoms. The Bertz CT molecular complexity index is 842. The summed E-state index contributed by atoms with van der Waals surface area (Å²) in [5, 5.41) is 3.37. The molecule has 1 amide bonds. The van der Waals surface area contributed by atoms with Gasteiger partial charge in [0, 0.05) is 16.9 Å². The Kier molecular flexibility index (Phi) is 3.27. The SMILES string of the molecule is Cc1cc(Cl)ccc1NC(=O)c1oc2cccnc2c1N. The molecule has 0 saturated heterocycles. The quantitative estimate of drug-likeness (QED) is 0.757. The van der Waals surface area contributed by atoms with Crippen molar-refractivity contribution in [1.29, 1.82) is 0 Å². The van der Waals surface area contributed by atoms with Crippen LogP contribution in [0.1, 0.15) is 16.1 Å². The average molecular weight is 302 g/mol. The standard InChI is InChI=1S/C15H12ClN3O2/c1-8-7-9(16)4-5-10(8)19-15(20)14-12(17)13-11(21-14)3-2-6-18-13/h2-7H,17H2,1H3,(H,19,20). The maximum absolute atomic E-state index is 12.3. The number of halogens is 1. The van der Waals surface area contributed by atoms with Gasteiger partial charge in [-0.15, -0.1) is 0 Å². The lowest BCUT2D eigenvalue weighted by Gasteiger charge is -2.07. The number of aryl methyl sites for hydroxylation is 1. The van der Waals surface area contributed by atoms with Crippen molar-refractivity contribution in [3.05, 3.63) is 52.9 Å². The van der Waals surface area contributed by atoms with Gasteiger partial charge in [-0.3, -0.25) is 9.78 Å². The molecule has 0 saturated carbocycles. The number of nitrogen functional groups attached to an aromatic ring is 1. The van der Waals surface area contributed by atoms with Crippen molar-refractivity contribution in [3.8, 4) is 0 Å². The van der Waals surface area contributed by atoms with Gasteiger partial charge in [0.1, 0.15) is 11.2 Å². The van der Waals surface area contributed by atoms with Crippen LogP contribution in [0, 0.1) is 6.92 Å². The summed E-state index contributed by atoms with van der Waals surface area (Å²) in [6.07, 6.45) is 1.60. The highest BCUT2D eigenvalue weighted by atomic mass is 35.5. The molecule has 0 unspecified atom stereocenters. The number of furan rings is 1. The molecule has 3 aromatic rings. The molecule has 0 atom stereocenters. The molecule has 0 fully saturated rings. The Labute approximate surface area is 125 Å². The largest absolute Gasteiger partial charge is 0.447 e. The van der Waals surface area contributed by atoms with E-state index in [-0.39, 0.29) is 11.4 Å². The molecule has 0 bridgehead atoms. The summed E-state index contributed by atoms with van der Waals surface area (Å²) in [4.78, 5) is 16.4. The third kappa shape index (κ3) is 2.43. The predicted octanol–water partition coefficient (Wildman–Crippen LogP) is 3.62. The van der Waals surface area contributed by atoms with Gasteiger partial charge >= 0.3 is 0 Å². The second-order valence-corrected chi connectivity index (χ2v) is 5.04. The number of fused-ring (bicyclic) bond motifs is 1. The summed E-state index contributed by atoms with van der Waals surface area (Å²) >= 11 is 5.89. The summed E-state index contributed by atoms with van der Waals surface area (Å²) in [7, 11) is 0. The van der Waals surface area contributed by atoms with Gasteiger partial charge in [0.25, 0.3) is 5.91 Å². The highest BCUT2D eigenvalue weighted by Crippen LogP contribution is 2.27. The normalized spacial score (nSPS) is 10.8. The van der Waals surface area contributed by atoms with E-state index < -0.39 is 5.91 Å². The zero-order valence-corrected chi connectivity index (χ0v) is 11.9. The number of anilines is 2. The third-order valence-corrected chi connectivity index (χ3v) is 3.36. The number of nitrogens with zero attached hydrogens (tertiary/aromatic N) is 1. The van der Waals surface area contributed by atoms with Gasteiger partial charge in [-0.25, -0.2) is 0 Å². The number of pyridine rings is 1. The number of rotatable bonds is 2. The summed E-state index contributed by atoms with van der Waals surface area (Å²) < 4.78 is 5.47. The Morgan fingerprint density at radius 3 is 2.90 bits per heavy atom. The predicted molar refractivity (Wildman–Crippen MR) is 82.6 cm³/mol. The minimum absolute atomic E-state index is 0.0538. The van der Waals surface area contributed by atoms with Crippen LogP contribution in [-0.2, 0) is 0 Å². The van der Waals surface area contributed by atoms with Gasteiger partial charge in [0.15, 0.2) is 5.58 Å². The number of carbonyl (C=O) groups is 1. The monoisotopic (exact) mass is 301 g/mol. The maximum Gasteiger partial charge on any atom is 0.293 e. The zero-order chi connectivity index (χ0) is 15.0. The van der Waals surface area contributed by atoms with E-state index in [2.05, 4.69) is 10.3 Å². The molecule has 21 heavy (non-hydrogen) atoms. The summed E-state index contributed by atoms with van der Waals surface area (Å²) in [6.45, 7) is 1.85. The van der Waals surface area contributed by atoms with Gasteiger partial charge in [-0.2, -0.15) is 0 Å². The fraction of sp³-hybridized carbons (Fsp3) is 0.0667. The Hall–Kier alpha value is -2.53. The van der Waals surface area contributed by atoms with Gasteiger partial charge in [0.05, 0.1) is 0 Å². The molecule has 106 valence electrons. The highest BCUT2D eigenvalue weighted by molar-refractivity contribution is 6.30. The minimum atomic E-state index is -0.420. The van der Waals surface area contributed by atoms with Crippen LogP contribution in [-0.4, -0.2) is 10.9 Å². The van der Waals surface area contributed by atoms with Crippen LogP contribution in [0.2, 0.25) is 5.02 Å². The Balaban J connectivity index is 1.95. The second kappa shape index (κ2) is 5.10. The number of nitrogens with one attached hydrogen (secondary N) is 1. The fourth-order valence-corrected chi connectivity index (χ4v) is 2.29. The molecule has 0 aliphatic heterocycles. The molecule has 5 nitrogen and oxygen atoms in total. The first-order valence-electron chi connectivity index (χ1n) is 6.27. The van der Waals surface area contributed by atoms with E-state index in [9.17, 15) is 4.79 Å². The van der Waals surface area contributed by atoms with E-state index in [0.717, 1.165) is 5.56 Å². The van der Waals surface area contributed by atoms with E-state index >= 15 is 0 Å². The van der Waals surface area contributed by atoms with E-state index in [1.807, 2.05) is 6.92 Å². The molecule has 2 heterocycles. The number of hydrogen-bond donors (Lipinski definition) is 2. The summed E-state index contributed by atoms with van der Waals surface area (Å²) in [6, 6.07) is 8.63. The average Bonchev–Trinajstić information content (AvgIpc) is 2.80. The van der Waals surface area contributed by atoms with Crippen molar-refractivity contribution in [2.24, 2.45) is 0 Å². The van der Waals surface area contributed by atoms with Crippen molar-refractivity contribution in [1.82, 2.24) is 4.98 Å². The molecular formula is C15H12ClN3O2. The number of nitrogens with two attached hydrogens (primary N) is 1. The van der Waals surface area contributed by atoms with E-state index in [1.165, 1.54) is 0 Å². The molecule has 1 aromatic carbocycles. The number of aromatic nitrogens is 1. The fourth-order valence-electron chi connectivity index (χ4n) is 2.06. The molecule has 0 spiro atoms. The number of benzene rings is 1. The molecule has 0 radical (unpaired) electrons.